The number of benzene rings is 1. The molecular formula is C28H43N3O2. The van der Waals surface area contributed by atoms with E-state index in [1.165, 1.54) is 50.0 Å². The number of hydrogen-bond donors (Lipinski definition) is 1. The van der Waals surface area contributed by atoms with E-state index in [2.05, 4.69) is 55.3 Å². The second-order valence-electron chi connectivity index (χ2n) is 11.8. The van der Waals surface area contributed by atoms with Crippen LogP contribution in [0.1, 0.15) is 95.7 Å². The van der Waals surface area contributed by atoms with Crippen molar-refractivity contribution in [3.63, 3.8) is 0 Å². The van der Waals surface area contributed by atoms with Gasteiger partial charge >= 0.3 is 0 Å². The molecule has 182 valence electrons. The first-order chi connectivity index (χ1) is 15.8. The van der Waals surface area contributed by atoms with E-state index in [0.717, 1.165) is 32.1 Å². The Morgan fingerprint density at radius 2 is 1.82 bits per heavy atom. The molecule has 0 aromatic heterocycles. The Labute approximate surface area is 200 Å². The van der Waals surface area contributed by atoms with Gasteiger partial charge in [0.2, 0.25) is 11.8 Å². The molecule has 2 aliphatic heterocycles. The molecule has 1 aromatic carbocycles. The molecule has 1 N–H and O–H groups in total. The second-order valence-corrected chi connectivity index (χ2v) is 11.8. The highest BCUT2D eigenvalue weighted by molar-refractivity contribution is 5.85. The number of fused-ring (bicyclic) bond motifs is 2. The van der Waals surface area contributed by atoms with Crippen LogP contribution in [0.2, 0.25) is 0 Å². The van der Waals surface area contributed by atoms with Gasteiger partial charge in [0.05, 0.1) is 12.6 Å². The highest BCUT2D eigenvalue weighted by Gasteiger charge is 2.42. The van der Waals surface area contributed by atoms with E-state index >= 15 is 0 Å². The predicted molar refractivity (Wildman–Crippen MR) is 133 cm³/mol. The monoisotopic (exact) mass is 453 g/mol. The van der Waals surface area contributed by atoms with Crippen molar-refractivity contribution in [3.8, 4) is 0 Å². The van der Waals surface area contributed by atoms with Crippen molar-refractivity contribution in [2.75, 3.05) is 32.7 Å². The van der Waals surface area contributed by atoms with Gasteiger partial charge in [-0.2, -0.15) is 0 Å². The van der Waals surface area contributed by atoms with Crippen molar-refractivity contribution >= 4 is 11.8 Å². The van der Waals surface area contributed by atoms with E-state index in [-0.39, 0.29) is 29.8 Å². The molecule has 5 nitrogen and oxygen atoms in total. The van der Waals surface area contributed by atoms with Crippen molar-refractivity contribution in [3.05, 3.63) is 35.4 Å². The minimum atomic E-state index is -0.0157. The van der Waals surface area contributed by atoms with Crippen molar-refractivity contribution < 1.29 is 9.59 Å². The topological polar surface area (TPSA) is 52.7 Å². The van der Waals surface area contributed by atoms with Gasteiger partial charge in [0.1, 0.15) is 0 Å². The maximum absolute atomic E-state index is 12.9. The number of nitrogens with one attached hydrogen (secondary N) is 1. The molecule has 5 heteroatoms. The van der Waals surface area contributed by atoms with E-state index < -0.39 is 0 Å². The van der Waals surface area contributed by atoms with E-state index in [0.29, 0.717) is 18.4 Å². The zero-order valence-corrected chi connectivity index (χ0v) is 21.0. The Morgan fingerprint density at radius 3 is 2.58 bits per heavy atom. The zero-order chi connectivity index (χ0) is 23.5. The molecule has 2 heterocycles. The minimum absolute atomic E-state index is 0.0157. The summed E-state index contributed by atoms with van der Waals surface area (Å²) in [6, 6.07) is 8.84. The summed E-state index contributed by atoms with van der Waals surface area (Å²) in [5, 5.41) is 3.29. The standard InChI is InChI=1S/C28H43N3O2/c1-27(2,3)14-18-30-19-15-28(16-20-30)13-12-24(22-9-6-7-10-23(22)28)29-25(32)21-31-17-8-4-5-11-26(31)33/h6-7,9-10,24H,4-5,8,11-21H2,1-3H3,(H,29,32)/t24-/m0/s1. The van der Waals surface area contributed by atoms with Gasteiger partial charge in [-0.25, -0.2) is 0 Å². The van der Waals surface area contributed by atoms with Crippen molar-refractivity contribution in [2.24, 2.45) is 5.41 Å². The summed E-state index contributed by atoms with van der Waals surface area (Å²) in [6.07, 6.45) is 9.37. The van der Waals surface area contributed by atoms with Gasteiger partial charge in [0.15, 0.2) is 0 Å². The molecule has 1 atom stereocenters. The Balaban J connectivity index is 1.39. The van der Waals surface area contributed by atoms with Crippen LogP contribution in [0.15, 0.2) is 24.3 Å². The number of likely N-dealkylation sites (tertiary alicyclic amines) is 2. The quantitative estimate of drug-likeness (QED) is 0.696. The second kappa shape index (κ2) is 10.2. The number of piperidine rings is 1. The van der Waals surface area contributed by atoms with Gasteiger partial charge < -0.3 is 15.1 Å². The van der Waals surface area contributed by atoms with Crippen LogP contribution in [-0.2, 0) is 15.0 Å². The summed E-state index contributed by atoms with van der Waals surface area (Å²) < 4.78 is 0. The van der Waals surface area contributed by atoms with Gasteiger partial charge in [-0.1, -0.05) is 51.5 Å². The number of nitrogens with zero attached hydrogens (tertiary/aromatic N) is 2. The first-order valence-corrected chi connectivity index (χ1v) is 13.1. The molecule has 1 aromatic rings. The molecular weight excluding hydrogens is 410 g/mol. The van der Waals surface area contributed by atoms with Crippen LogP contribution in [0, 0.1) is 5.41 Å². The largest absolute Gasteiger partial charge is 0.348 e. The van der Waals surface area contributed by atoms with Gasteiger partial charge in [0.25, 0.3) is 0 Å². The molecule has 3 aliphatic rings. The lowest BCUT2D eigenvalue weighted by molar-refractivity contribution is -0.135. The fourth-order valence-corrected chi connectivity index (χ4v) is 5.98. The van der Waals surface area contributed by atoms with Crippen molar-refractivity contribution in [1.82, 2.24) is 15.1 Å². The molecule has 2 amide bonds. The zero-order valence-electron chi connectivity index (χ0n) is 21.0. The Morgan fingerprint density at radius 1 is 1.06 bits per heavy atom. The third-order valence-corrected chi connectivity index (χ3v) is 8.15. The van der Waals surface area contributed by atoms with E-state index in [4.69, 9.17) is 0 Å². The lowest BCUT2D eigenvalue weighted by Gasteiger charge is -2.47. The molecule has 0 radical (unpaired) electrons. The highest BCUT2D eigenvalue weighted by atomic mass is 16.2. The van der Waals surface area contributed by atoms with Gasteiger partial charge in [-0.3, -0.25) is 9.59 Å². The summed E-state index contributed by atoms with van der Waals surface area (Å²) >= 11 is 0. The summed E-state index contributed by atoms with van der Waals surface area (Å²) in [6.45, 7) is 11.4. The van der Waals surface area contributed by atoms with Gasteiger partial charge in [0, 0.05) is 13.0 Å². The average molecular weight is 454 g/mol. The van der Waals surface area contributed by atoms with Gasteiger partial charge in [-0.05, 0) is 86.5 Å². The molecule has 1 spiro atoms. The Hall–Kier alpha value is -1.88. The number of hydrogen-bond acceptors (Lipinski definition) is 3. The van der Waals surface area contributed by atoms with Crippen molar-refractivity contribution in [1.29, 1.82) is 0 Å². The fraction of sp³-hybridized carbons (Fsp3) is 0.714. The van der Waals surface area contributed by atoms with Crippen molar-refractivity contribution in [2.45, 2.75) is 90.0 Å². The smallest absolute Gasteiger partial charge is 0.240 e. The van der Waals surface area contributed by atoms with Crippen LogP contribution in [0.5, 0.6) is 0 Å². The lowest BCUT2D eigenvalue weighted by Crippen LogP contribution is -2.47. The number of rotatable bonds is 5. The molecule has 2 fully saturated rings. The number of amides is 2. The third kappa shape index (κ3) is 5.98. The van der Waals surface area contributed by atoms with E-state index in [9.17, 15) is 9.59 Å². The number of carbonyl (C=O) groups is 2. The molecule has 4 rings (SSSR count). The maximum atomic E-state index is 12.9. The summed E-state index contributed by atoms with van der Waals surface area (Å²) in [7, 11) is 0. The summed E-state index contributed by atoms with van der Waals surface area (Å²) in [5.74, 6) is 0.113. The third-order valence-electron chi connectivity index (χ3n) is 8.15. The van der Waals surface area contributed by atoms with Crippen LogP contribution in [0.4, 0.5) is 0 Å². The van der Waals surface area contributed by atoms with E-state index in [1.54, 1.807) is 4.90 Å². The normalized spacial score (nSPS) is 23.8. The maximum Gasteiger partial charge on any atom is 0.240 e. The molecule has 0 saturated carbocycles. The highest BCUT2D eigenvalue weighted by Crippen LogP contribution is 2.48. The van der Waals surface area contributed by atoms with Crippen LogP contribution in [0.25, 0.3) is 0 Å². The minimum Gasteiger partial charge on any atom is -0.348 e. The SMILES string of the molecule is CC(C)(C)CCN1CCC2(CC[C@H](NC(=O)CN3CCCCCC3=O)c3ccccc32)CC1. The number of carbonyl (C=O) groups excluding carboxylic acids is 2. The van der Waals surface area contributed by atoms with Crippen LogP contribution in [-0.4, -0.2) is 54.3 Å². The molecule has 33 heavy (non-hydrogen) atoms. The predicted octanol–water partition coefficient (Wildman–Crippen LogP) is 4.81. The molecule has 1 aliphatic carbocycles. The van der Waals surface area contributed by atoms with E-state index in [1.807, 2.05) is 0 Å². The molecule has 0 bridgehead atoms. The summed E-state index contributed by atoms with van der Waals surface area (Å²) in [5.41, 5.74) is 3.37. The Kier molecular flexibility index (Phi) is 7.47. The van der Waals surface area contributed by atoms with Crippen LogP contribution >= 0.6 is 0 Å². The summed E-state index contributed by atoms with van der Waals surface area (Å²) in [4.78, 5) is 29.6. The lowest BCUT2D eigenvalue weighted by atomic mass is 9.63. The van der Waals surface area contributed by atoms with Crippen LogP contribution < -0.4 is 5.32 Å². The first-order valence-electron chi connectivity index (χ1n) is 13.1. The molecule has 0 unspecified atom stereocenters. The van der Waals surface area contributed by atoms with Gasteiger partial charge in [-0.15, -0.1) is 0 Å². The van der Waals surface area contributed by atoms with Crippen LogP contribution in [0.3, 0.4) is 0 Å². The Bertz CT molecular complexity index is 836. The average Bonchev–Trinajstić information content (AvgIpc) is 2.99. The molecule has 2 saturated heterocycles. The first kappa shape index (κ1) is 24.3. The fourth-order valence-electron chi connectivity index (χ4n) is 5.98.